The van der Waals surface area contributed by atoms with Crippen molar-refractivity contribution in [1.82, 2.24) is 0 Å². The summed E-state index contributed by atoms with van der Waals surface area (Å²) in [4.78, 5) is 11.5. The van der Waals surface area contributed by atoms with Crippen LogP contribution in [0.1, 0.15) is 35.7 Å². The summed E-state index contributed by atoms with van der Waals surface area (Å²) in [6, 6.07) is 5.44. The van der Waals surface area contributed by atoms with Crippen LogP contribution in [0.3, 0.4) is 0 Å². The highest BCUT2D eigenvalue weighted by Crippen LogP contribution is 2.26. The Bertz CT molecular complexity index is 525. The summed E-state index contributed by atoms with van der Waals surface area (Å²) in [5.74, 6) is 0.953. The largest absolute Gasteiger partial charge is 0.465 e. The van der Waals surface area contributed by atoms with Crippen molar-refractivity contribution >= 4 is 21.9 Å². The fraction of sp³-hybridized carbons (Fsp3) is 0.471. The molecule has 0 amide bonds. The highest BCUT2D eigenvalue weighted by molar-refractivity contribution is 9.10. The second-order valence-electron chi connectivity index (χ2n) is 5.49. The van der Waals surface area contributed by atoms with Gasteiger partial charge in [0.1, 0.15) is 0 Å². The van der Waals surface area contributed by atoms with Crippen molar-refractivity contribution in [2.24, 2.45) is 11.8 Å². The van der Waals surface area contributed by atoms with E-state index < -0.39 is 0 Å². The summed E-state index contributed by atoms with van der Waals surface area (Å²) in [5, 5.41) is 0. The molecule has 21 heavy (non-hydrogen) atoms. The zero-order chi connectivity index (χ0) is 15.2. The number of benzene rings is 1. The van der Waals surface area contributed by atoms with Crippen LogP contribution in [-0.2, 0) is 16.1 Å². The van der Waals surface area contributed by atoms with Gasteiger partial charge in [-0.2, -0.15) is 0 Å². The number of halogens is 1. The van der Waals surface area contributed by atoms with Gasteiger partial charge in [-0.05, 0) is 42.4 Å². The highest BCUT2D eigenvalue weighted by atomic mass is 79.9. The molecular weight excluding hydrogens is 332 g/mol. The molecule has 3 nitrogen and oxygen atoms in total. The van der Waals surface area contributed by atoms with E-state index in [0.717, 1.165) is 29.5 Å². The van der Waals surface area contributed by atoms with Gasteiger partial charge in [0.15, 0.2) is 0 Å². The van der Waals surface area contributed by atoms with Gasteiger partial charge in [0, 0.05) is 4.47 Å². The van der Waals surface area contributed by atoms with Crippen molar-refractivity contribution < 1.29 is 14.3 Å². The van der Waals surface area contributed by atoms with Gasteiger partial charge in [0.05, 0.1) is 25.9 Å². The third kappa shape index (κ3) is 4.42. The maximum atomic E-state index is 11.5. The lowest BCUT2D eigenvalue weighted by Gasteiger charge is -2.25. The van der Waals surface area contributed by atoms with Gasteiger partial charge in [0.25, 0.3) is 0 Å². The molecule has 1 aliphatic rings. The van der Waals surface area contributed by atoms with E-state index in [-0.39, 0.29) is 5.97 Å². The minimum Gasteiger partial charge on any atom is -0.465 e. The van der Waals surface area contributed by atoms with Crippen LogP contribution in [0, 0.1) is 11.8 Å². The van der Waals surface area contributed by atoms with Gasteiger partial charge in [0.2, 0.25) is 0 Å². The fourth-order valence-electron chi connectivity index (χ4n) is 2.47. The molecule has 114 valence electrons. The Kier molecular flexibility index (Phi) is 6.00. The van der Waals surface area contributed by atoms with Gasteiger partial charge in [-0.3, -0.25) is 0 Å². The first-order chi connectivity index (χ1) is 10.1. The number of ether oxygens (including phenoxy) is 2. The molecule has 2 rings (SSSR count). The number of hydrogen-bond acceptors (Lipinski definition) is 3. The first-order valence-corrected chi connectivity index (χ1v) is 8.00. The lowest BCUT2D eigenvalue weighted by molar-refractivity contribution is 0.0599. The van der Waals surface area contributed by atoms with Crippen molar-refractivity contribution in [2.75, 3.05) is 13.7 Å². The average Bonchev–Trinajstić information content (AvgIpc) is 2.50. The van der Waals surface area contributed by atoms with Gasteiger partial charge in [-0.25, -0.2) is 4.79 Å². The lowest BCUT2D eigenvalue weighted by atomic mass is 9.85. The van der Waals surface area contributed by atoms with Gasteiger partial charge in [-0.15, -0.1) is 0 Å². The molecule has 2 unspecified atom stereocenters. The Labute approximate surface area is 134 Å². The molecule has 0 heterocycles. The Balaban J connectivity index is 1.88. The molecule has 0 aromatic heterocycles. The smallest absolute Gasteiger partial charge is 0.337 e. The molecular formula is C17H21BrO3. The van der Waals surface area contributed by atoms with E-state index in [1.807, 2.05) is 6.07 Å². The van der Waals surface area contributed by atoms with Gasteiger partial charge in [-0.1, -0.05) is 41.1 Å². The van der Waals surface area contributed by atoms with Gasteiger partial charge >= 0.3 is 5.97 Å². The van der Waals surface area contributed by atoms with Gasteiger partial charge < -0.3 is 9.47 Å². The maximum Gasteiger partial charge on any atom is 0.337 e. The SMILES string of the molecule is COC(=O)c1ccc(COCC2CC=CCC2C)c(Br)c1. The summed E-state index contributed by atoms with van der Waals surface area (Å²) >= 11 is 3.48. The number of carbonyl (C=O) groups excluding carboxylic acids is 1. The number of esters is 1. The number of allylic oxidation sites excluding steroid dienone is 2. The van der Waals surface area contributed by atoms with E-state index in [2.05, 4.69) is 35.0 Å². The molecule has 0 spiro atoms. The van der Waals surface area contributed by atoms with Crippen LogP contribution in [0.15, 0.2) is 34.8 Å². The van der Waals surface area contributed by atoms with E-state index in [0.29, 0.717) is 24.0 Å². The second-order valence-corrected chi connectivity index (χ2v) is 6.35. The van der Waals surface area contributed by atoms with Crippen LogP contribution in [-0.4, -0.2) is 19.7 Å². The van der Waals surface area contributed by atoms with Crippen LogP contribution < -0.4 is 0 Å². The van der Waals surface area contributed by atoms with Crippen molar-refractivity contribution in [3.63, 3.8) is 0 Å². The van der Waals surface area contributed by atoms with Crippen LogP contribution >= 0.6 is 15.9 Å². The average molecular weight is 353 g/mol. The summed E-state index contributed by atoms with van der Waals surface area (Å²) in [5.41, 5.74) is 1.58. The Morgan fingerprint density at radius 2 is 2.10 bits per heavy atom. The maximum absolute atomic E-state index is 11.5. The predicted molar refractivity (Wildman–Crippen MR) is 86.2 cm³/mol. The quantitative estimate of drug-likeness (QED) is 0.583. The third-order valence-electron chi connectivity index (χ3n) is 3.98. The minimum absolute atomic E-state index is 0.328. The van der Waals surface area contributed by atoms with Crippen LogP contribution in [0.2, 0.25) is 0 Å². The van der Waals surface area contributed by atoms with Crippen LogP contribution in [0.5, 0.6) is 0 Å². The van der Waals surface area contributed by atoms with Crippen molar-refractivity contribution in [1.29, 1.82) is 0 Å². The first kappa shape index (κ1) is 16.2. The predicted octanol–water partition coefficient (Wildman–Crippen LogP) is 4.35. The lowest BCUT2D eigenvalue weighted by Crippen LogP contribution is -2.19. The number of methoxy groups -OCH3 is 1. The zero-order valence-corrected chi connectivity index (χ0v) is 14.1. The van der Waals surface area contributed by atoms with Crippen LogP contribution in [0.4, 0.5) is 0 Å². The topological polar surface area (TPSA) is 35.5 Å². The van der Waals surface area contributed by atoms with E-state index in [4.69, 9.17) is 9.47 Å². The summed E-state index contributed by atoms with van der Waals surface area (Å²) in [6.45, 7) is 3.60. The van der Waals surface area contributed by atoms with E-state index >= 15 is 0 Å². The molecule has 1 aromatic carbocycles. The third-order valence-corrected chi connectivity index (χ3v) is 4.72. The standard InChI is InChI=1S/C17H21BrO3/c1-12-5-3-4-6-14(12)10-21-11-15-8-7-13(9-16(15)18)17(19)20-2/h3-4,7-9,12,14H,5-6,10-11H2,1-2H3. The molecule has 1 aliphatic carbocycles. The highest BCUT2D eigenvalue weighted by Gasteiger charge is 2.18. The zero-order valence-electron chi connectivity index (χ0n) is 12.5. The molecule has 0 saturated heterocycles. The molecule has 2 atom stereocenters. The minimum atomic E-state index is -0.328. The van der Waals surface area contributed by atoms with E-state index in [1.54, 1.807) is 12.1 Å². The molecule has 1 aromatic rings. The Morgan fingerprint density at radius 1 is 1.33 bits per heavy atom. The Hall–Kier alpha value is -1.13. The summed E-state index contributed by atoms with van der Waals surface area (Å²) < 4.78 is 11.4. The second kappa shape index (κ2) is 7.76. The molecule has 4 heteroatoms. The van der Waals surface area contributed by atoms with E-state index in [1.165, 1.54) is 7.11 Å². The normalized spacial score (nSPS) is 21.3. The molecule has 0 N–H and O–H groups in total. The molecule has 0 bridgehead atoms. The molecule has 0 aliphatic heterocycles. The number of hydrogen-bond donors (Lipinski definition) is 0. The summed E-state index contributed by atoms with van der Waals surface area (Å²) in [7, 11) is 1.38. The van der Waals surface area contributed by atoms with Crippen molar-refractivity contribution in [3.8, 4) is 0 Å². The Morgan fingerprint density at radius 3 is 2.76 bits per heavy atom. The molecule has 0 fully saturated rings. The number of carbonyl (C=O) groups is 1. The summed E-state index contributed by atoms with van der Waals surface area (Å²) in [6.07, 6.45) is 6.74. The molecule has 0 radical (unpaired) electrons. The van der Waals surface area contributed by atoms with Crippen molar-refractivity contribution in [2.45, 2.75) is 26.4 Å². The van der Waals surface area contributed by atoms with E-state index in [9.17, 15) is 4.79 Å². The van der Waals surface area contributed by atoms with Crippen molar-refractivity contribution in [3.05, 3.63) is 46.0 Å². The monoisotopic (exact) mass is 352 g/mol. The molecule has 0 saturated carbocycles. The fourth-order valence-corrected chi connectivity index (χ4v) is 2.96. The number of rotatable bonds is 5. The van der Waals surface area contributed by atoms with Crippen LogP contribution in [0.25, 0.3) is 0 Å². The first-order valence-electron chi connectivity index (χ1n) is 7.21.